The molecular formula is C29H43N7OS. The van der Waals surface area contributed by atoms with Crippen LogP contribution in [0.2, 0.25) is 0 Å². The minimum absolute atomic E-state index is 0.0673. The lowest BCUT2D eigenvalue weighted by molar-refractivity contribution is 0.431. The maximum Gasteiger partial charge on any atom is 0.233 e. The van der Waals surface area contributed by atoms with Gasteiger partial charge in [-0.1, -0.05) is 85.1 Å². The van der Waals surface area contributed by atoms with Crippen molar-refractivity contribution in [3.05, 3.63) is 27.7 Å². The van der Waals surface area contributed by atoms with E-state index in [0.29, 0.717) is 22.0 Å². The third-order valence-corrected chi connectivity index (χ3v) is 7.97. The number of anilines is 1. The number of thiazole rings is 1. The summed E-state index contributed by atoms with van der Waals surface area (Å²) in [4.78, 5) is 17.3. The number of hydrogen-bond acceptors (Lipinski definition) is 8. The van der Waals surface area contributed by atoms with E-state index in [9.17, 15) is 10.4 Å². The Labute approximate surface area is 230 Å². The molecule has 0 saturated carbocycles. The first kappa shape index (κ1) is 29.6. The Kier molecular flexibility index (Phi) is 10.7. The van der Waals surface area contributed by atoms with Crippen molar-refractivity contribution in [1.29, 1.82) is 5.26 Å². The summed E-state index contributed by atoms with van der Waals surface area (Å²) in [5.41, 5.74) is 1.41. The molecule has 0 aliphatic heterocycles. The van der Waals surface area contributed by atoms with Gasteiger partial charge in [0.2, 0.25) is 5.88 Å². The van der Waals surface area contributed by atoms with E-state index >= 15 is 0 Å². The van der Waals surface area contributed by atoms with Crippen molar-refractivity contribution in [1.82, 2.24) is 19.6 Å². The molecule has 3 heterocycles. The van der Waals surface area contributed by atoms with E-state index in [0.717, 1.165) is 80.3 Å². The number of aromatic nitrogens is 4. The zero-order valence-electron chi connectivity index (χ0n) is 23.9. The van der Waals surface area contributed by atoms with Gasteiger partial charge in [0.15, 0.2) is 16.6 Å². The number of nitrogens with zero attached hydrogens (tertiary/aromatic N) is 7. The number of pyridine rings is 1. The number of rotatable bonds is 14. The molecule has 0 bridgehead atoms. The monoisotopic (exact) mass is 537 g/mol. The lowest BCUT2D eigenvalue weighted by atomic mass is 9.99. The molecule has 0 radical (unpaired) electrons. The molecule has 0 aliphatic carbocycles. The molecule has 0 fully saturated rings. The lowest BCUT2D eigenvalue weighted by Crippen LogP contribution is -2.30. The van der Waals surface area contributed by atoms with Crippen LogP contribution in [-0.2, 0) is 0 Å². The van der Waals surface area contributed by atoms with Crippen LogP contribution in [0.4, 0.5) is 10.1 Å². The number of nitriles is 1. The van der Waals surface area contributed by atoms with Gasteiger partial charge < -0.3 is 10.0 Å². The fraction of sp³-hybridized carbons (Fsp3) is 0.621. The molecule has 9 heteroatoms. The molecule has 8 nitrogen and oxygen atoms in total. The lowest BCUT2D eigenvalue weighted by Gasteiger charge is -2.21. The summed E-state index contributed by atoms with van der Waals surface area (Å²) in [5.74, 6) is 0.769. The Morgan fingerprint density at radius 1 is 1.08 bits per heavy atom. The molecule has 38 heavy (non-hydrogen) atoms. The quantitative estimate of drug-likeness (QED) is 0.257. The second-order valence-electron chi connectivity index (χ2n) is 10.2. The van der Waals surface area contributed by atoms with Crippen LogP contribution in [0.3, 0.4) is 0 Å². The minimum atomic E-state index is -0.241. The van der Waals surface area contributed by atoms with Crippen LogP contribution in [0, 0.1) is 11.3 Å². The highest BCUT2D eigenvalue weighted by Crippen LogP contribution is 2.37. The van der Waals surface area contributed by atoms with E-state index in [1.807, 2.05) is 0 Å². The van der Waals surface area contributed by atoms with Crippen molar-refractivity contribution in [2.75, 3.05) is 18.0 Å². The van der Waals surface area contributed by atoms with Crippen LogP contribution in [0.1, 0.15) is 122 Å². The van der Waals surface area contributed by atoms with Crippen molar-refractivity contribution >= 4 is 33.7 Å². The van der Waals surface area contributed by atoms with Gasteiger partial charge in [-0.2, -0.15) is 9.78 Å². The third-order valence-electron chi connectivity index (χ3n) is 6.94. The van der Waals surface area contributed by atoms with Crippen molar-refractivity contribution in [3.63, 3.8) is 0 Å². The van der Waals surface area contributed by atoms with Crippen molar-refractivity contribution < 1.29 is 5.11 Å². The maximum absolute atomic E-state index is 10.9. The molecule has 3 aromatic heterocycles. The molecule has 1 unspecified atom stereocenters. The highest BCUT2D eigenvalue weighted by Gasteiger charge is 2.22. The number of hydrogen-bond donors (Lipinski definition) is 1. The topological polar surface area (TPSA) is 103 Å². The molecule has 206 valence electrons. The summed E-state index contributed by atoms with van der Waals surface area (Å²) in [7, 11) is 0. The average Bonchev–Trinajstić information content (AvgIpc) is 3.53. The zero-order chi connectivity index (χ0) is 27.8. The van der Waals surface area contributed by atoms with E-state index < -0.39 is 0 Å². The molecular weight excluding hydrogens is 494 g/mol. The standard InChI is InChI=1S/C29H43N7OS/c1-8-12-15-21(11-4)25-33-26-24(20(7)22(18-30)28(37)36(26)34-25)31-27-23(19(5)6)32-29(38-27)35(16-13-9-2)17-14-10-3/h19,21,37H,7-17H2,1-6H3. The summed E-state index contributed by atoms with van der Waals surface area (Å²) in [6, 6.07) is 2.09. The van der Waals surface area contributed by atoms with Crippen LogP contribution >= 0.6 is 11.3 Å². The second kappa shape index (κ2) is 13.7. The van der Waals surface area contributed by atoms with Gasteiger partial charge in [-0.05, 0) is 31.6 Å². The Balaban J connectivity index is 2.25. The molecule has 0 spiro atoms. The molecule has 3 rings (SSSR count). The number of unbranched alkanes of at least 4 members (excludes halogenated alkanes) is 3. The molecule has 1 atom stereocenters. The van der Waals surface area contributed by atoms with E-state index in [4.69, 9.17) is 15.0 Å². The third kappa shape index (κ3) is 6.35. The van der Waals surface area contributed by atoms with E-state index in [1.54, 1.807) is 11.3 Å². The smallest absolute Gasteiger partial charge is 0.233 e. The molecule has 0 aromatic carbocycles. The van der Waals surface area contributed by atoms with E-state index in [1.165, 1.54) is 4.52 Å². The van der Waals surface area contributed by atoms with Crippen LogP contribution in [0.25, 0.3) is 12.2 Å². The zero-order valence-corrected chi connectivity index (χ0v) is 24.7. The van der Waals surface area contributed by atoms with Gasteiger partial charge in [0.1, 0.15) is 22.0 Å². The van der Waals surface area contributed by atoms with Gasteiger partial charge in [-0.3, -0.25) is 0 Å². The molecule has 1 N–H and O–H groups in total. The molecule has 3 aromatic rings. The number of aromatic hydroxyl groups is 1. The second-order valence-corrected chi connectivity index (χ2v) is 11.2. The van der Waals surface area contributed by atoms with Crippen LogP contribution in [0.5, 0.6) is 5.88 Å². The van der Waals surface area contributed by atoms with Gasteiger partial charge in [-0.25, -0.2) is 15.0 Å². The summed E-state index contributed by atoms with van der Waals surface area (Å²) >= 11 is 1.57. The van der Waals surface area contributed by atoms with Crippen molar-refractivity contribution in [2.45, 2.75) is 105 Å². The van der Waals surface area contributed by atoms with Gasteiger partial charge in [0, 0.05) is 24.2 Å². The molecule has 0 amide bonds. The van der Waals surface area contributed by atoms with Crippen molar-refractivity contribution in [3.8, 4) is 11.9 Å². The summed E-state index contributed by atoms with van der Waals surface area (Å²) in [6.07, 6.45) is 8.52. The van der Waals surface area contributed by atoms with Crippen LogP contribution in [-0.4, -0.2) is 37.8 Å². The highest BCUT2D eigenvalue weighted by atomic mass is 32.1. The Morgan fingerprint density at radius 2 is 1.74 bits per heavy atom. The summed E-state index contributed by atoms with van der Waals surface area (Å²) in [6.45, 7) is 19.0. The minimum Gasteiger partial charge on any atom is -0.492 e. The first-order chi connectivity index (χ1) is 18.3. The first-order valence-corrected chi connectivity index (χ1v) is 15.0. The largest absolute Gasteiger partial charge is 0.492 e. The SMILES string of the molecule is C=c1c(C#N)c(O)n2nc(C(CC)CCCC)nc2c1=Nc1sc(N(CCCC)CCCC)nc1C(C)C. The molecule has 0 saturated heterocycles. The fourth-order valence-corrected chi connectivity index (χ4v) is 5.66. The van der Waals surface area contributed by atoms with Gasteiger partial charge in [0.25, 0.3) is 0 Å². The number of fused-ring (bicyclic) bond motifs is 1. The summed E-state index contributed by atoms with van der Waals surface area (Å²) in [5, 5.41) is 28.0. The van der Waals surface area contributed by atoms with Crippen LogP contribution < -0.4 is 15.5 Å². The maximum atomic E-state index is 10.9. The predicted octanol–water partition coefficient (Wildman–Crippen LogP) is 6.34. The van der Waals surface area contributed by atoms with Crippen molar-refractivity contribution in [2.24, 2.45) is 4.99 Å². The molecule has 0 aliphatic rings. The Morgan fingerprint density at radius 3 is 2.29 bits per heavy atom. The highest BCUT2D eigenvalue weighted by molar-refractivity contribution is 7.19. The first-order valence-electron chi connectivity index (χ1n) is 14.2. The average molecular weight is 538 g/mol. The summed E-state index contributed by atoms with van der Waals surface area (Å²) < 4.78 is 1.36. The van der Waals surface area contributed by atoms with Crippen LogP contribution in [0.15, 0.2) is 4.99 Å². The van der Waals surface area contributed by atoms with E-state index in [2.05, 4.69) is 64.2 Å². The van der Waals surface area contributed by atoms with Gasteiger partial charge >= 0.3 is 0 Å². The Bertz CT molecular complexity index is 1360. The normalized spacial score (nSPS) is 12.9. The predicted molar refractivity (Wildman–Crippen MR) is 156 cm³/mol. The fourth-order valence-electron chi connectivity index (χ4n) is 4.50. The van der Waals surface area contributed by atoms with E-state index in [-0.39, 0.29) is 23.3 Å². The van der Waals surface area contributed by atoms with Gasteiger partial charge in [0.05, 0.1) is 5.69 Å². The Hall–Kier alpha value is -2.99. The van der Waals surface area contributed by atoms with Gasteiger partial charge in [-0.15, -0.1) is 5.10 Å².